The Morgan fingerprint density at radius 2 is 1.95 bits per heavy atom. The highest BCUT2D eigenvalue weighted by atomic mass is 32.2. The van der Waals surface area contributed by atoms with Gasteiger partial charge in [-0.15, -0.1) is 11.3 Å². The van der Waals surface area contributed by atoms with Crippen molar-refractivity contribution in [2.75, 3.05) is 11.6 Å². The van der Waals surface area contributed by atoms with Crippen LogP contribution in [0, 0.1) is 0 Å². The molecule has 0 fully saturated rings. The van der Waals surface area contributed by atoms with Crippen LogP contribution in [0.25, 0.3) is 11.3 Å². The average molecular weight is 320 g/mol. The second-order valence-electron chi connectivity index (χ2n) is 4.47. The van der Waals surface area contributed by atoms with E-state index in [4.69, 9.17) is 4.42 Å². The van der Waals surface area contributed by atoms with Crippen molar-refractivity contribution in [3.8, 4) is 11.3 Å². The summed E-state index contributed by atoms with van der Waals surface area (Å²) in [6, 6.07) is 8.43. The van der Waals surface area contributed by atoms with Gasteiger partial charge in [-0.25, -0.2) is 13.4 Å². The first kappa shape index (κ1) is 13.8. The number of thiazole rings is 1. The molecule has 0 spiro atoms. The number of furan rings is 1. The minimum Gasteiger partial charge on any atom is -0.472 e. The molecule has 0 radical (unpaired) electrons. The first-order valence-electron chi connectivity index (χ1n) is 6.07. The van der Waals surface area contributed by atoms with Gasteiger partial charge in [-0.1, -0.05) is 0 Å². The van der Waals surface area contributed by atoms with E-state index in [0.29, 0.717) is 4.90 Å². The second kappa shape index (κ2) is 5.34. The van der Waals surface area contributed by atoms with Gasteiger partial charge >= 0.3 is 0 Å². The molecule has 0 aliphatic heterocycles. The van der Waals surface area contributed by atoms with E-state index in [-0.39, 0.29) is 0 Å². The van der Waals surface area contributed by atoms with Gasteiger partial charge in [0.1, 0.15) is 0 Å². The third-order valence-electron chi connectivity index (χ3n) is 2.85. The van der Waals surface area contributed by atoms with Crippen LogP contribution in [0.4, 0.5) is 10.8 Å². The molecule has 7 heteroatoms. The Hall–Kier alpha value is -2.12. The minimum absolute atomic E-state index is 0.297. The number of hydrogen-bond donors (Lipinski definition) is 1. The van der Waals surface area contributed by atoms with Crippen LogP contribution in [0.2, 0.25) is 0 Å². The number of anilines is 2. The molecule has 0 aliphatic rings. The standard InChI is InChI=1S/C14H12N2O3S2/c1-21(17,18)12-4-2-11(3-5-12)15-14-16-13(9-20-14)10-6-7-19-8-10/h2-9H,1H3,(H,15,16). The molecule has 2 aromatic heterocycles. The van der Waals surface area contributed by atoms with Gasteiger partial charge in [-0.05, 0) is 30.3 Å². The third-order valence-corrected chi connectivity index (χ3v) is 4.74. The summed E-state index contributed by atoms with van der Waals surface area (Å²) < 4.78 is 27.8. The molecule has 1 N–H and O–H groups in total. The summed E-state index contributed by atoms with van der Waals surface area (Å²) in [6.07, 6.45) is 4.43. The van der Waals surface area contributed by atoms with Crippen LogP contribution < -0.4 is 5.32 Å². The lowest BCUT2D eigenvalue weighted by Gasteiger charge is -2.03. The lowest BCUT2D eigenvalue weighted by atomic mass is 10.3. The number of aromatic nitrogens is 1. The molecule has 0 atom stereocenters. The van der Waals surface area contributed by atoms with Crippen LogP contribution in [-0.2, 0) is 9.84 Å². The van der Waals surface area contributed by atoms with E-state index in [2.05, 4.69) is 10.3 Å². The lowest BCUT2D eigenvalue weighted by molar-refractivity contribution is 0.568. The molecule has 0 bridgehead atoms. The summed E-state index contributed by atoms with van der Waals surface area (Å²) in [7, 11) is -3.17. The zero-order chi connectivity index (χ0) is 14.9. The Bertz CT molecular complexity index is 835. The fourth-order valence-corrected chi connectivity index (χ4v) is 3.15. The summed E-state index contributed by atoms with van der Waals surface area (Å²) in [4.78, 5) is 4.75. The SMILES string of the molecule is CS(=O)(=O)c1ccc(Nc2nc(-c3ccoc3)cs2)cc1. The van der Waals surface area contributed by atoms with E-state index >= 15 is 0 Å². The number of sulfone groups is 1. The molecule has 0 aliphatic carbocycles. The molecule has 1 aromatic carbocycles. The molecule has 0 unspecified atom stereocenters. The normalized spacial score (nSPS) is 11.5. The van der Waals surface area contributed by atoms with Crippen molar-refractivity contribution >= 4 is 32.0 Å². The molecular weight excluding hydrogens is 308 g/mol. The van der Waals surface area contributed by atoms with E-state index in [0.717, 1.165) is 22.1 Å². The molecule has 3 rings (SSSR count). The molecule has 0 saturated carbocycles. The van der Waals surface area contributed by atoms with Gasteiger partial charge in [-0.2, -0.15) is 0 Å². The van der Waals surface area contributed by atoms with Gasteiger partial charge < -0.3 is 9.73 Å². The molecule has 108 valence electrons. The highest BCUT2D eigenvalue weighted by Crippen LogP contribution is 2.27. The average Bonchev–Trinajstić information content (AvgIpc) is 3.08. The number of benzene rings is 1. The van der Waals surface area contributed by atoms with Crippen molar-refractivity contribution in [2.24, 2.45) is 0 Å². The summed E-state index contributed by atoms with van der Waals surface area (Å²) in [5, 5.41) is 5.81. The first-order chi connectivity index (χ1) is 10.0. The van der Waals surface area contributed by atoms with Gasteiger partial charge in [0.15, 0.2) is 15.0 Å². The van der Waals surface area contributed by atoms with Crippen molar-refractivity contribution in [1.29, 1.82) is 0 Å². The Morgan fingerprint density at radius 3 is 2.57 bits per heavy atom. The van der Waals surface area contributed by atoms with Crippen molar-refractivity contribution in [3.05, 3.63) is 48.2 Å². The molecule has 21 heavy (non-hydrogen) atoms. The Labute approximate surface area is 126 Å². The van der Waals surface area contributed by atoms with Crippen LogP contribution in [0.3, 0.4) is 0 Å². The molecular formula is C14H12N2O3S2. The quantitative estimate of drug-likeness (QED) is 0.796. The van der Waals surface area contributed by atoms with E-state index in [9.17, 15) is 8.42 Å². The molecule has 0 amide bonds. The minimum atomic E-state index is -3.17. The first-order valence-corrected chi connectivity index (χ1v) is 8.85. The smallest absolute Gasteiger partial charge is 0.187 e. The van der Waals surface area contributed by atoms with Crippen molar-refractivity contribution < 1.29 is 12.8 Å². The van der Waals surface area contributed by atoms with Gasteiger partial charge in [0.05, 0.1) is 23.1 Å². The van der Waals surface area contributed by atoms with Crippen molar-refractivity contribution in [1.82, 2.24) is 4.98 Å². The Morgan fingerprint density at radius 1 is 1.19 bits per heavy atom. The van der Waals surface area contributed by atoms with Crippen LogP contribution >= 0.6 is 11.3 Å². The van der Waals surface area contributed by atoms with E-state index in [1.165, 1.54) is 17.6 Å². The summed E-state index contributed by atoms with van der Waals surface area (Å²) in [6.45, 7) is 0. The molecule has 2 heterocycles. The summed E-state index contributed by atoms with van der Waals surface area (Å²) in [5.41, 5.74) is 2.55. The van der Waals surface area contributed by atoms with E-state index < -0.39 is 9.84 Å². The molecule has 5 nitrogen and oxygen atoms in total. The van der Waals surface area contributed by atoms with E-state index in [1.54, 1.807) is 36.8 Å². The molecule has 0 saturated heterocycles. The maximum atomic E-state index is 11.4. The maximum absolute atomic E-state index is 11.4. The molecule has 3 aromatic rings. The van der Waals surface area contributed by atoms with E-state index in [1.807, 2.05) is 11.4 Å². The summed E-state index contributed by atoms with van der Waals surface area (Å²) in [5.74, 6) is 0. The summed E-state index contributed by atoms with van der Waals surface area (Å²) >= 11 is 1.47. The van der Waals surface area contributed by atoms with Gasteiger partial charge in [0, 0.05) is 22.9 Å². The van der Waals surface area contributed by atoms with Crippen molar-refractivity contribution in [2.45, 2.75) is 4.90 Å². The van der Waals surface area contributed by atoms with Crippen LogP contribution in [-0.4, -0.2) is 19.7 Å². The van der Waals surface area contributed by atoms with Crippen LogP contribution in [0.5, 0.6) is 0 Å². The second-order valence-corrected chi connectivity index (χ2v) is 7.35. The number of rotatable bonds is 4. The fraction of sp³-hybridized carbons (Fsp3) is 0.0714. The Kier molecular flexibility index (Phi) is 3.52. The zero-order valence-corrected chi connectivity index (χ0v) is 12.7. The topological polar surface area (TPSA) is 72.2 Å². The monoisotopic (exact) mass is 320 g/mol. The van der Waals surface area contributed by atoms with Crippen molar-refractivity contribution in [3.63, 3.8) is 0 Å². The lowest BCUT2D eigenvalue weighted by Crippen LogP contribution is -1.97. The number of nitrogens with one attached hydrogen (secondary N) is 1. The van der Waals surface area contributed by atoms with Gasteiger partial charge in [0.25, 0.3) is 0 Å². The number of nitrogens with zero attached hydrogens (tertiary/aromatic N) is 1. The zero-order valence-electron chi connectivity index (χ0n) is 11.1. The predicted octanol–water partition coefficient (Wildman–Crippen LogP) is 3.55. The van der Waals surface area contributed by atoms with Gasteiger partial charge in [0.2, 0.25) is 0 Å². The highest BCUT2D eigenvalue weighted by molar-refractivity contribution is 7.90. The largest absolute Gasteiger partial charge is 0.472 e. The number of hydrogen-bond acceptors (Lipinski definition) is 6. The van der Waals surface area contributed by atoms with Crippen LogP contribution in [0.1, 0.15) is 0 Å². The van der Waals surface area contributed by atoms with Gasteiger partial charge in [-0.3, -0.25) is 0 Å². The maximum Gasteiger partial charge on any atom is 0.187 e. The fourth-order valence-electron chi connectivity index (χ4n) is 1.78. The highest BCUT2D eigenvalue weighted by Gasteiger charge is 2.08. The Balaban J connectivity index is 1.78. The van der Waals surface area contributed by atoms with Crippen LogP contribution in [0.15, 0.2) is 57.6 Å². The third kappa shape index (κ3) is 3.14. The predicted molar refractivity (Wildman–Crippen MR) is 82.7 cm³/mol.